The molecule has 6 nitrogen and oxygen atoms in total. The Hall–Kier alpha value is -0.750. The van der Waals surface area contributed by atoms with Crippen molar-refractivity contribution >= 4 is 16.1 Å². The zero-order valence-corrected chi connectivity index (χ0v) is 11.8. The van der Waals surface area contributed by atoms with E-state index >= 15 is 0 Å². The Morgan fingerprint density at radius 3 is 2.74 bits per heavy atom. The van der Waals surface area contributed by atoms with Crippen molar-refractivity contribution in [3.05, 3.63) is 0 Å². The quantitative estimate of drug-likeness (QED) is 0.572. The van der Waals surface area contributed by atoms with Gasteiger partial charge < -0.3 is 4.74 Å². The van der Waals surface area contributed by atoms with Gasteiger partial charge in [0.2, 0.25) is 16.1 Å². The zero-order valence-electron chi connectivity index (χ0n) is 11.0. The minimum Gasteiger partial charge on any atom is -0.377 e. The number of nitrogens with zero attached hydrogens (tertiary/aromatic N) is 2. The number of hydrogen-bond acceptors (Lipinski definition) is 5. The SMILES string of the molecule is O=C=NC1CCCCCN1S(=O)(=O)CC1CCCO1. The largest absolute Gasteiger partial charge is 0.377 e. The molecular weight excluding hydrogens is 268 g/mol. The number of isocyanates is 1. The van der Waals surface area contributed by atoms with Gasteiger partial charge >= 0.3 is 0 Å². The molecule has 0 saturated carbocycles. The van der Waals surface area contributed by atoms with E-state index in [0.717, 1.165) is 32.1 Å². The van der Waals surface area contributed by atoms with Gasteiger partial charge in [-0.25, -0.2) is 13.2 Å². The van der Waals surface area contributed by atoms with E-state index in [1.54, 1.807) is 0 Å². The summed E-state index contributed by atoms with van der Waals surface area (Å²) in [5, 5.41) is 0. The molecule has 0 aromatic carbocycles. The summed E-state index contributed by atoms with van der Waals surface area (Å²) in [5.74, 6) is -0.00211. The maximum atomic E-state index is 12.4. The Morgan fingerprint density at radius 2 is 2.05 bits per heavy atom. The minimum absolute atomic E-state index is 0.00211. The van der Waals surface area contributed by atoms with E-state index in [0.29, 0.717) is 19.6 Å². The molecule has 2 heterocycles. The number of ether oxygens (including phenoxy) is 1. The van der Waals surface area contributed by atoms with Gasteiger partial charge in [-0.2, -0.15) is 9.30 Å². The number of carbonyl (C=O) groups excluding carboxylic acids is 1. The second kappa shape index (κ2) is 6.61. The highest BCUT2D eigenvalue weighted by atomic mass is 32.2. The number of rotatable bonds is 4. The monoisotopic (exact) mass is 288 g/mol. The lowest BCUT2D eigenvalue weighted by atomic mass is 10.2. The van der Waals surface area contributed by atoms with Crippen molar-refractivity contribution in [2.24, 2.45) is 4.99 Å². The minimum atomic E-state index is -3.43. The summed E-state index contributed by atoms with van der Waals surface area (Å²) in [6, 6.07) is 0. The summed E-state index contributed by atoms with van der Waals surface area (Å²) < 4.78 is 31.6. The van der Waals surface area contributed by atoms with Crippen LogP contribution in [0.3, 0.4) is 0 Å². The van der Waals surface area contributed by atoms with Gasteiger partial charge in [-0.3, -0.25) is 0 Å². The van der Waals surface area contributed by atoms with Crippen LogP contribution in [-0.2, 0) is 19.6 Å². The molecule has 2 rings (SSSR count). The van der Waals surface area contributed by atoms with Crippen molar-refractivity contribution < 1.29 is 17.9 Å². The first-order chi connectivity index (χ1) is 9.13. The fourth-order valence-corrected chi connectivity index (χ4v) is 4.54. The van der Waals surface area contributed by atoms with Gasteiger partial charge in [0, 0.05) is 13.2 Å². The Labute approximate surface area is 113 Å². The molecule has 0 amide bonds. The Morgan fingerprint density at radius 1 is 1.21 bits per heavy atom. The van der Waals surface area contributed by atoms with Crippen LogP contribution in [0.2, 0.25) is 0 Å². The van der Waals surface area contributed by atoms with E-state index in [-0.39, 0.29) is 11.9 Å². The van der Waals surface area contributed by atoms with E-state index in [2.05, 4.69) is 4.99 Å². The lowest BCUT2D eigenvalue weighted by Crippen LogP contribution is -2.42. The number of sulfonamides is 1. The van der Waals surface area contributed by atoms with Gasteiger partial charge in [-0.1, -0.05) is 6.42 Å². The first-order valence-electron chi connectivity index (χ1n) is 6.81. The van der Waals surface area contributed by atoms with Crippen LogP contribution in [0, 0.1) is 0 Å². The molecule has 7 heteroatoms. The highest BCUT2D eigenvalue weighted by molar-refractivity contribution is 7.89. The molecule has 108 valence electrons. The van der Waals surface area contributed by atoms with Gasteiger partial charge in [0.05, 0.1) is 11.9 Å². The van der Waals surface area contributed by atoms with E-state index in [1.807, 2.05) is 0 Å². The van der Waals surface area contributed by atoms with E-state index in [1.165, 1.54) is 10.4 Å². The van der Waals surface area contributed by atoms with Gasteiger partial charge in [-0.05, 0) is 32.1 Å². The molecule has 0 aromatic rings. The van der Waals surface area contributed by atoms with Crippen LogP contribution >= 0.6 is 0 Å². The first-order valence-corrected chi connectivity index (χ1v) is 8.42. The second-order valence-electron chi connectivity index (χ2n) is 5.07. The average Bonchev–Trinajstić information content (AvgIpc) is 2.73. The zero-order chi connectivity index (χ0) is 13.7. The van der Waals surface area contributed by atoms with Gasteiger partial charge in [0.25, 0.3) is 0 Å². The Kier molecular flexibility index (Phi) is 5.10. The van der Waals surface area contributed by atoms with Crippen molar-refractivity contribution in [1.82, 2.24) is 4.31 Å². The smallest absolute Gasteiger partial charge is 0.236 e. The molecule has 2 saturated heterocycles. The molecular formula is C12H20N2O4S. The molecule has 0 bridgehead atoms. The van der Waals surface area contributed by atoms with Crippen molar-refractivity contribution in [3.63, 3.8) is 0 Å². The Balaban J connectivity index is 2.11. The summed E-state index contributed by atoms with van der Waals surface area (Å²) >= 11 is 0. The van der Waals surface area contributed by atoms with Crippen LogP contribution in [0.15, 0.2) is 4.99 Å². The van der Waals surface area contributed by atoms with E-state index < -0.39 is 16.2 Å². The Bertz CT molecular complexity index is 439. The fourth-order valence-electron chi connectivity index (χ4n) is 2.69. The van der Waals surface area contributed by atoms with Crippen LogP contribution in [0.4, 0.5) is 0 Å². The molecule has 2 aliphatic heterocycles. The van der Waals surface area contributed by atoms with Gasteiger partial charge in [-0.15, -0.1) is 0 Å². The second-order valence-corrected chi connectivity index (χ2v) is 7.04. The molecule has 2 unspecified atom stereocenters. The maximum absolute atomic E-state index is 12.4. The number of hydrogen-bond donors (Lipinski definition) is 0. The highest BCUT2D eigenvalue weighted by Gasteiger charge is 2.34. The molecule has 2 atom stereocenters. The van der Waals surface area contributed by atoms with Gasteiger partial charge in [0.1, 0.15) is 6.17 Å². The predicted octanol–water partition coefficient (Wildman–Crippen LogP) is 1.03. The van der Waals surface area contributed by atoms with Crippen molar-refractivity contribution in [2.75, 3.05) is 18.9 Å². The van der Waals surface area contributed by atoms with Crippen LogP contribution in [0.5, 0.6) is 0 Å². The van der Waals surface area contributed by atoms with E-state index in [4.69, 9.17) is 4.74 Å². The summed E-state index contributed by atoms with van der Waals surface area (Å²) in [6.45, 7) is 1.07. The molecule has 0 radical (unpaired) electrons. The first kappa shape index (κ1) is 14.7. The van der Waals surface area contributed by atoms with Crippen LogP contribution in [0.25, 0.3) is 0 Å². The molecule has 0 aliphatic carbocycles. The van der Waals surface area contributed by atoms with Crippen molar-refractivity contribution in [2.45, 2.75) is 50.8 Å². The topological polar surface area (TPSA) is 76.0 Å². The maximum Gasteiger partial charge on any atom is 0.236 e. The molecule has 0 N–H and O–H groups in total. The van der Waals surface area contributed by atoms with Crippen LogP contribution in [0.1, 0.15) is 38.5 Å². The van der Waals surface area contributed by atoms with Gasteiger partial charge in [0.15, 0.2) is 0 Å². The fraction of sp³-hybridized carbons (Fsp3) is 0.917. The molecule has 2 fully saturated rings. The third-order valence-electron chi connectivity index (χ3n) is 3.65. The normalized spacial score (nSPS) is 29.7. The van der Waals surface area contributed by atoms with E-state index in [9.17, 15) is 13.2 Å². The lowest BCUT2D eigenvalue weighted by Gasteiger charge is -2.26. The molecule has 19 heavy (non-hydrogen) atoms. The third kappa shape index (κ3) is 3.86. The lowest BCUT2D eigenvalue weighted by molar-refractivity contribution is 0.126. The van der Waals surface area contributed by atoms with Crippen molar-refractivity contribution in [3.8, 4) is 0 Å². The number of aliphatic imine (C=N–C) groups is 1. The standard InChI is InChI=1S/C12H20N2O4S/c15-10-13-12-6-2-1-3-7-14(12)19(16,17)9-11-5-4-8-18-11/h11-12H,1-9H2. The third-order valence-corrected chi connectivity index (χ3v) is 5.59. The summed E-state index contributed by atoms with van der Waals surface area (Å²) in [4.78, 5) is 14.1. The summed E-state index contributed by atoms with van der Waals surface area (Å²) in [6.07, 6.45) is 5.68. The molecule has 0 aromatic heterocycles. The highest BCUT2D eigenvalue weighted by Crippen LogP contribution is 2.23. The van der Waals surface area contributed by atoms with Crippen molar-refractivity contribution in [1.29, 1.82) is 0 Å². The summed E-state index contributed by atoms with van der Waals surface area (Å²) in [5.41, 5.74) is 0. The summed E-state index contributed by atoms with van der Waals surface area (Å²) in [7, 11) is -3.43. The average molecular weight is 288 g/mol. The molecule has 0 spiro atoms. The molecule has 2 aliphatic rings. The predicted molar refractivity (Wildman–Crippen MR) is 69.8 cm³/mol. The van der Waals surface area contributed by atoms with Crippen LogP contribution in [-0.4, -0.2) is 50.0 Å². The van der Waals surface area contributed by atoms with Crippen LogP contribution < -0.4 is 0 Å².